The maximum atomic E-state index is 13.1. The highest BCUT2D eigenvalue weighted by molar-refractivity contribution is 6.08. The monoisotopic (exact) mass is 408 g/mol. The zero-order valence-electron chi connectivity index (χ0n) is 16.8. The number of hydrazine groups is 1. The average molecular weight is 408 g/mol. The first-order chi connectivity index (χ1) is 14.4. The molecular formula is C22H24N4O4. The lowest BCUT2D eigenvalue weighted by Gasteiger charge is -2.25. The van der Waals surface area contributed by atoms with Crippen molar-refractivity contribution in [3.05, 3.63) is 71.8 Å². The molecule has 5 amide bonds. The van der Waals surface area contributed by atoms with Gasteiger partial charge in [0.1, 0.15) is 5.54 Å². The minimum absolute atomic E-state index is 0.134. The molecule has 2 aromatic carbocycles. The molecule has 1 aliphatic heterocycles. The number of hydrogen-bond donors (Lipinski definition) is 3. The van der Waals surface area contributed by atoms with E-state index in [0.29, 0.717) is 17.0 Å². The normalized spacial score (nSPS) is 19.2. The molecular weight excluding hydrogens is 384 g/mol. The predicted octanol–water partition coefficient (Wildman–Crippen LogP) is 2.14. The zero-order valence-corrected chi connectivity index (χ0v) is 16.8. The summed E-state index contributed by atoms with van der Waals surface area (Å²) in [5, 5.41) is 6.15. The van der Waals surface area contributed by atoms with Gasteiger partial charge in [-0.25, -0.2) is 4.79 Å². The first-order valence-corrected chi connectivity index (χ1v) is 9.71. The van der Waals surface area contributed by atoms with Crippen molar-refractivity contribution in [1.82, 2.24) is 21.1 Å². The summed E-state index contributed by atoms with van der Waals surface area (Å²) in [6.45, 7) is 3.15. The maximum Gasteiger partial charge on any atom is 0.344 e. The van der Waals surface area contributed by atoms with Crippen LogP contribution in [0.4, 0.5) is 4.79 Å². The smallest absolute Gasteiger partial charge is 0.344 e. The lowest BCUT2D eigenvalue weighted by molar-refractivity contribution is -0.139. The standard InChI is InChI=1S/C22H24N4O4/c1-3-22(17-12-8-5-9-13-17)20(29)26(21(30)24-22)25-19(28)14-18(23-15(2)27)16-10-6-4-7-11-16/h4-13,18H,3,14H2,1-2H3,(H,23,27)(H,24,30)(H,25,28)/t18-,22+/m1/s1. The molecule has 0 aromatic heterocycles. The number of carbonyl (C=O) groups is 4. The van der Waals surface area contributed by atoms with Crippen LogP contribution in [0.15, 0.2) is 60.7 Å². The molecule has 3 N–H and O–H groups in total. The molecule has 1 heterocycles. The van der Waals surface area contributed by atoms with Crippen LogP contribution in [0.2, 0.25) is 0 Å². The van der Waals surface area contributed by atoms with Crippen molar-refractivity contribution in [2.24, 2.45) is 0 Å². The Labute approximate surface area is 174 Å². The molecule has 0 spiro atoms. The zero-order chi connectivity index (χ0) is 21.7. The minimum Gasteiger partial charge on any atom is -0.349 e. The number of nitrogens with zero attached hydrogens (tertiary/aromatic N) is 1. The fraction of sp³-hybridized carbons (Fsp3) is 0.273. The largest absolute Gasteiger partial charge is 0.349 e. The summed E-state index contributed by atoms with van der Waals surface area (Å²) in [7, 11) is 0. The van der Waals surface area contributed by atoms with E-state index in [4.69, 9.17) is 0 Å². The van der Waals surface area contributed by atoms with E-state index in [-0.39, 0.29) is 12.3 Å². The minimum atomic E-state index is -1.23. The average Bonchev–Trinajstić information content (AvgIpc) is 2.99. The van der Waals surface area contributed by atoms with Crippen LogP contribution in [0.3, 0.4) is 0 Å². The van der Waals surface area contributed by atoms with E-state index in [9.17, 15) is 19.2 Å². The molecule has 30 heavy (non-hydrogen) atoms. The third-order valence-corrected chi connectivity index (χ3v) is 5.09. The molecule has 1 aliphatic rings. The Morgan fingerprint density at radius 1 is 1.03 bits per heavy atom. The maximum absolute atomic E-state index is 13.1. The van der Waals surface area contributed by atoms with Crippen LogP contribution in [0, 0.1) is 0 Å². The van der Waals surface area contributed by atoms with Crippen molar-refractivity contribution in [2.75, 3.05) is 0 Å². The molecule has 8 heteroatoms. The van der Waals surface area contributed by atoms with Gasteiger partial charge in [0.25, 0.3) is 5.91 Å². The van der Waals surface area contributed by atoms with Crippen molar-refractivity contribution < 1.29 is 19.2 Å². The second-order valence-corrected chi connectivity index (χ2v) is 7.10. The number of rotatable bonds is 7. The highest BCUT2D eigenvalue weighted by Gasteiger charge is 2.52. The number of amides is 5. The van der Waals surface area contributed by atoms with Crippen molar-refractivity contribution in [2.45, 2.75) is 38.3 Å². The summed E-state index contributed by atoms with van der Waals surface area (Å²) in [6, 6.07) is 16.6. The van der Waals surface area contributed by atoms with Gasteiger partial charge < -0.3 is 10.6 Å². The van der Waals surface area contributed by atoms with Gasteiger partial charge >= 0.3 is 6.03 Å². The molecule has 8 nitrogen and oxygen atoms in total. The molecule has 3 rings (SSSR count). The Morgan fingerprint density at radius 3 is 2.20 bits per heavy atom. The van der Waals surface area contributed by atoms with Crippen LogP contribution in [0.1, 0.15) is 43.9 Å². The van der Waals surface area contributed by atoms with Gasteiger partial charge in [0.2, 0.25) is 11.8 Å². The number of imide groups is 1. The molecule has 2 atom stereocenters. The fourth-order valence-electron chi connectivity index (χ4n) is 3.58. The lowest BCUT2D eigenvalue weighted by atomic mass is 9.87. The third-order valence-electron chi connectivity index (χ3n) is 5.09. The van der Waals surface area contributed by atoms with Gasteiger partial charge in [0.15, 0.2) is 0 Å². The van der Waals surface area contributed by atoms with E-state index in [2.05, 4.69) is 16.1 Å². The summed E-state index contributed by atoms with van der Waals surface area (Å²) < 4.78 is 0. The van der Waals surface area contributed by atoms with Crippen LogP contribution in [0.25, 0.3) is 0 Å². The van der Waals surface area contributed by atoms with Crippen LogP contribution in [-0.4, -0.2) is 28.8 Å². The lowest BCUT2D eigenvalue weighted by Crippen LogP contribution is -2.49. The summed E-state index contributed by atoms with van der Waals surface area (Å²) in [5.74, 6) is -1.41. The highest BCUT2D eigenvalue weighted by Crippen LogP contribution is 2.31. The molecule has 0 saturated carbocycles. The van der Waals surface area contributed by atoms with Crippen LogP contribution < -0.4 is 16.1 Å². The first kappa shape index (κ1) is 21.0. The van der Waals surface area contributed by atoms with Crippen molar-refractivity contribution in [3.63, 3.8) is 0 Å². The van der Waals surface area contributed by atoms with Crippen molar-refractivity contribution >= 4 is 23.8 Å². The van der Waals surface area contributed by atoms with Crippen molar-refractivity contribution in [1.29, 1.82) is 0 Å². The highest BCUT2D eigenvalue weighted by atomic mass is 16.2. The Balaban J connectivity index is 1.76. The van der Waals surface area contributed by atoms with E-state index < -0.39 is 29.4 Å². The number of hydrogen-bond acceptors (Lipinski definition) is 4. The van der Waals surface area contributed by atoms with Crippen LogP contribution in [-0.2, 0) is 19.9 Å². The molecule has 1 saturated heterocycles. The van der Waals surface area contributed by atoms with Gasteiger partial charge in [0.05, 0.1) is 12.5 Å². The van der Waals surface area contributed by atoms with Gasteiger partial charge in [0, 0.05) is 6.92 Å². The SMILES string of the molecule is CC[C@@]1(c2ccccc2)NC(=O)N(NC(=O)C[C@@H](NC(C)=O)c2ccccc2)C1=O. The Hall–Kier alpha value is -3.68. The Bertz CT molecular complexity index is 948. The molecule has 0 radical (unpaired) electrons. The first-order valence-electron chi connectivity index (χ1n) is 9.71. The van der Waals surface area contributed by atoms with E-state index in [1.54, 1.807) is 55.5 Å². The fourth-order valence-corrected chi connectivity index (χ4v) is 3.58. The summed E-state index contributed by atoms with van der Waals surface area (Å²) in [4.78, 5) is 49.8. The van der Waals surface area contributed by atoms with Crippen LogP contribution in [0.5, 0.6) is 0 Å². The number of nitrogens with one attached hydrogen (secondary N) is 3. The number of urea groups is 1. The van der Waals surface area contributed by atoms with Crippen LogP contribution >= 0.6 is 0 Å². The predicted molar refractivity (Wildman–Crippen MR) is 110 cm³/mol. The van der Waals surface area contributed by atoms with Gasteiger partial charge in [-0.1, -0.05) is 67.6 Å². The number of benzene rings is 2. The van der Waals surface area contributed by atoms with Gasteiger partial charge in [-0.15, -0.1) is 0 Å². The van der Waals surface area contributed by atoms with Gasteiger partial charge in [-0.3, -0.25) is 19.8 Å². The van der Waals surface area contributed by atoms with E-state index >= 15 is 0 Å². The van der Waals surface area contributed by atoms with E-state index in [1.807, 2.05) is 12.1 Å². The van der Waals surface area contributed by atoms with E-state index in [0.717, 1.165) is 5.56 Å². The molecule has 1 fully saturated rings. The summed E-state index contributed by atoms with van der Waals surface area (Å²) in [6.07, 6.45) is 0.192. The second-order valence-electron chi connectivity index (χ2n) is 7.10. The molecule has 0 bridgehead atoms. The van der Waals surface area contributed by atoms with E-state index in [1.165, 1.54) is 6.92 Å². The third kappa shape index (κ3) is 4.17. The van der Waals surface area contributed by atoms with Gasteiger partial charge in [-0.2, -0.15) is 5.01 Å². The second kappa shape index (κ2) is 8.77. The van der Waals surface area contributed by atoms with Gasteiger partial charge in [-0.05, 0) is 17.5 Å². The summed E-state index contributed by atoms with van der Waals surface area (Å²) >= 11 is 0. The molecule has 0 aliphatic carbocycles. The Kier molecular flexibility index (Phi) is 6.15. The number of carbonyl (C=O) groups excluding carboxylic acids is 4. The van der Waals surface area contributed by atoms with Crippen molar-refractivity contribution in [3.8, 4) is 0 Å². The Morgan fingerprint density at radius 2 is 1.63 bits per heavy atom. The topological polar surface area (TPSA) is 108 Å². The quantitative estimate of drug-likeness (QED) is 0.610. The molecule has 156 valence electrons. The molecule has 2 aromatic rings. The molecule has 0 unspecified atom stereocenters. The summed E-state index contributed by atoms with van der Waals surface area (Å²) in [5.41, 5.74) is 2.54.